The lowest BCUT2D eigenvalue weighted by Gasteiger charge is -2.15. The van der Waals surface area contributed by atoms with Crippen molar-refractivity contribution < 1.29 is 14.3 Å². The normalized spacial score (nSPS) is 15.7. The zero-order valence-electron chi connectivity index (χ0n) is 16.5. The highest BCUT2D eigenvalue weighted by Gasteiger charge is 2.23. The van der Waals surface area contributed by atoms with Gasteiger partial charge in [0.15, 0.2) is 0 Å². The molecule has 0 bridgehead atoms. The van der Waals surface area contributed by atoms with Gasteiger partial charge in [0.1, 0.15) is 11.5 Å². The topological polar surface area (TPSA) is 48.3 Å². The predicted octanol–water partition coefficient (Wildman–Crippen LogP) is 5.35. The van der Waals surface area contributed by atoms with E-state index in [0.29, 0.717) is 4.88 Å². The summed E-state index contributed by atoms with van der Waals surface area (Å²) >= 11 is 1.56. The van der Waals surface area contributed by atoms with Gasteiger partial charge >= 0.3 is 5.97 Å². The van der Waals surface area contributed by atoms with Crippen LogP contribution in [-0.4, -0.2) is 23.1 Å². The first-order valence-electron chi connectivity index (χ1n) is 10.7. The van der Waals surface area contributed by atoms with Crippen molar-refractivity contribution in [3.05, 3.63) is 56.9 Å². The van der Waals surface area contributed by atoms with E-state index in [0.717, 1.165) is 43.3 Å². The summed E-state index contributed by atoms with van der Waals surface area (Å²) in [7, 11) is 0. The van der Waals surface area contributed by atoms with E-state index >= 15 is 0 Å². The fourth-order valence-corrected chi connectivity index (χ4v) is 5.93. The van der Waals surface area contributed by atoms with Gasteiger partial charge in [-0.05, 0) is 74.6 Å². The first-order valence-corrected chi connectivity index (χ1v) is 11.5. The molecule has 0 unspecified atom stereocenters. The molecule has 2 aliphatic carbocycles. The first-order chi connectivity index (χ1) is 14.2. The zero-order valence-corrected chi connectivity index (χ0v) is 17.4. The second-order valence-corrected chi connectivity index (χ2v) is 9.17. The number of hydrogen-bond acceptors (Lipinski definition) is 4. The molecule has 0 aliphatic heterocycles. The van der Waals surface area contributed by atoms with E-state index in [1.807, 2.05) is 28.8 Å². The van der Waals surface area contributed by atoms with Crippen LogP contribution in [0.15, 0.2) is 30.3 Å². The molecule has 0 amide bonds. The SMILES string of the molecule is O=C(OCCC(=O)n1c2c(c3ccccc31)CCCC2)c1cc2c(s1)CCCC2. The van der Waals surface area contributed by atoms with Gasteiger partial charge in [-0.1, -0.05) is 18.2 Å². The Kier molecular flexibility index (Phi) is 5.00. The summed E-state index contributed by atoms with van der Waals surface area (Å²) in [6.45, 7) is 0.127. The fraction of sp³-hybridized carbons (Fsp3) is 0.417. The van der Waals surface area contributed by atoms with E-state index in [4.69, 9.17) is 4.74 Å². The average molecular weight is 408 g/mol. The molecule has 0 fully saturated rings. The molecule has 0 saturated carbocycles. The maximum absolute atomic E-state index is 13.0. The molecule has 2 aromatic heterocycles. The highest BCUT2D eigenvalue weighted by molar-refractivity contribution is 7.14. The number of fused-ring (bicyclic) bond motifs is 4. The first kappa shape index (κ1) is 18.6. The van der Waals surface area contributed by atoms with Crippen molar-refractivity contribution in [2.45, 2.75) is 57.8 Å². The largest absolute Gasteiger partial charge is 0.461 e. The van der Waals surface area contributed by atoms with Crippen LogP contribution in [0.25, 0.3) is 10.9 Å². The number of benzene rings is 1. The van der Waals surface area contributed by atoms with Crippen LogP contribution in [-0.2, 0) is 30.4 Å². The molecule has 4 nitrogen and oxygen atoms in total. The van der Waals surface area contributed by atoms with Gasteiger partial charge in [-0.25, -0.2) is 4.79 Å². The van der Waals surface area contributed by atoms with Crippen LogP contribution in [0.1, 0.15) is 68.3 Å². The van der Waals surface area contributed by atoms with Crippen LogP contribution < -0.4 is 0 Å². The molecular formula is C24H25NO3S. The van der Waals surface area contributed by atoms with Crippen LogP contribution in [0.3, 0.4) is 0 Å². The van der Waals surface area contributed by atoms with Gasteiger partial charge < -0.3 is 4.74 Å². The number of aromatic nitrogens is 1. The minimum Gasteiger partial charge on any atom is -0.461 e. The van der Waals surface area contributed by atoms with Gasteiger partial charge in [0.25, 0.3) is 0 Å². The third-order valence-corrected chi connectivity index (χ3v) is 7.39. The number of carbonyl (C=O) groups excluding carboxylic acids is 2. The molecule has 0 spiro atoms. The number of carbonyl (C=O) groups is 2. The third kappa shape index (κ3) is 3.42. The molecule has 5 rings (SSSR count). The molecule has 0 N–H and O–H groups in total. The summed E-state index contributed by atoms with van der Waals surface area (Å²) in [5.41, 5.74) is 4.76. The predicted molar refractivity (Wildman–Crippen MR) is 115 cm³/mol. The van der Waals surface area contributed by atoms with E-state index in [9.17, 15) is 9.59 Å². The Hall–Kier alpha value is -2.40. The Morgan fingerprint density at radius 1 is 1.00 bits per heavy atom. The van der Waals surface area contributed by atoms with Crippen LogP contribution in [0.5, 0.6) is 0 Å². The Bertz CT molecular complexity index is 1070. The lowest BCUT2D eigenvalue weighted by atomic mass is 9.95. The fourth-order valence-electron chi connectivity index (χ4n) is 4.79. The minimum atomic E-state index is -0.295. The van der Waals surface area contributed by atoms with Gasteiger partial charge in [-0.3, -0.25) is 9.36 Å². The number of nitrogens with zero attached hydrogens (tertiary/aromatic N) is 1. The lowest BCUT2D eigenvalue weighted by molar-refractivity contribution is 0.0495. The Morgan fingerprint density at radius 3 is 2.69 bits per heavy atom. The number of aryl methyl sites for hydroxylation is 3. The molecule has 1 aromatic carbocycles. The van der Waals surface area contributed by atoms with Gasteiger partial charge in [0.05, 0.1) is 11.9 Å². The summed E-state index contributed by atoms with van der Waals surface area (Å²) in [5, 5.41) is 1.19. The third-order valence-electron chi connectivity index (χ3n) is 6.17. The second kappa shape index (κ2) is 7.79. The Morgan fingerprint density at radius 2 is 1.79 bits per heavy atom. The second-order valence-electron chi connectivity index (χ2n) is 8.03. The van der Waals surface area contributed by atoms with Crippen LogP contribution in [0.2, 0.25) is 0 Å². The molecule has 2 aliphatic rings. The van der Waals surface area contributed by atoms with Gasteiger partial charge in [-0.15, -0.1) is 11.3 Å². The monoisotopic (exact) mass is 407 g/mol. The van der Waals surface area contributed by atoms with Gasteiger partial charge in [0.2, 0.25) is 5.91 Å². The number of thiophene rings is 1. The molecule has 3 aromatic rings. The number of esters is 1. The van der Waals surface area contributed by atoms with E-state index < -0.39 is 0 Å². The number of para-hydroxylation sites is 1. The standard InChI is InChI=1S/C24H25NO3S/c26-23(13-14-28-24(27)22-15-16-7-1-6-12-21(16)29-22)25-19-10-4-2-8-17(19)18-9-3-5-11-20(18)25/h2,4,8,10,15H,1,3,5-7,9,11-14H2. The van der Waals surface area contributed by atoms with Crippen LogP contribution in [0, 0.1) is 0 Å². The molecule has 0 saturated heterocycles. The van der Waals surface area contributed by atoms with Crippen molar-refractivity contribution >= 4 is 34.1 Å². The molecule has 29 heavy (non-hydrogen) atoms. The molecule has 2 heterocycles. The summed E-state index contributed by atoms with van der Waals surface area (Å²) in [6, 6.07) is 10.1. The summed E-state index contributed by atoms with van der Waals surface area (Å²) in [4.78, 5) is 27.5. The highest BCUT2D eigenvalue weighted by Crippen LogP contribution is 2.32. The number of hydrogen-bond donors (Lipinski definition) is 0. The summed E-state index contributed by atoms with van der Waals surface area (Å²) in [6.07, 6.45) is 9.01. The molecule has 150 valence electrons. The van der Waals surface area contributed by atoms with Crippen molar-refractivity contribution in [1.29, 1.82) is 0 Å². The Balaban J connectivity index is 1.29. The van der Waals surface area contributed by atoms with Crippen LogP contribution >= 0.6 is 11.3 Å². The summed E-state index contributed by atoms with van der Waals surface area (Å²) in [5.74, 6) is -0.279. The summed E-state index contributed by atoms with van der Waals surface area (Å²) < 4.78 is 7.34. The minimum absolute atomic E-state index is 0.0163. The average Bonchev–Trinajstić information content (AvgIpc) is 3.33. The van der Waals surface area contributed by atoms with Gasteiger partial charge in [0, 0.05) is 16.0 Å². The number of rotatable bonds is 4. The van der Waals surface area contributed by atoms with E-state index in [-0.39, 0.29) is 24.9 Å². The van der Waals surface area contributed by atoms with Gasteiger partial charge in [-0.2, -0.15) is 0 Å². The lowest BCUT2D eigenvalue weighted by Crippen LogP contribution is -2.18. The molecule has 0 radical (unpaired) electrons. The Labute approximate surface area is 174 Å². The number of ether oxygens (including phenoxy) is 1. The van der Waals surface area contributed by atoms with E-state index in [1.165, 1.54) is 40.7 Å². The highest BCUT2D eigenvalue weighted by atomic mass is 32.1. The quantitative estimate of drug-likeness (QED) is 0.548. The van der Waals surface area contributed by atoms with Crippen molar-refractivity contribution in [2.24, 2.45) is 0 Å². The van der Waals surface area contributed by atoms with Crippen molar-refractivity contribution in [1.82, 2.24) is 4.57 Å². The molecule has 5 heteroatoms. The smallest absolute Gasteiger partial charge is 0.348 e. The molecular weight excluding hydrogens is 382 g/mol. The van der Waals surface area contributed by atoms with Crippen molar-refractivity contribution in [3.8, 4) is 0 Å². The van der Waals surface area contributed by atoms with E-state index in [2.05, 4.69) is 6.07 Å². The van der Waals surface area contributed by atoms with Crippen LogP contribution in [0.4, 0.5) is 0 Å². The van der Waals surface area contributed by atoms with Crippen molar-refractivity contribution in [2.75, 3.05) is 6.61 Å². The maximum atomic E-state index is 13.0. The molecule has 0 atom stereocenters. The maximum Gasteiger partial charge on any atom is 0.348 e. The zero-order chi connectivity index (χ0) is 19.8. The van der Waals surface area contributed by atoms with E-state index in [1.54, 1.807) is 11.3 Å². The van der Waals surface area contributed by atoms with Crippen molar-refractivity contribution in [3.63, 3.8) is 0 Å².